The maximum absolute atomic E-state index is 11.5. The molecular weight excluding hydrogens is 472 g/mol. The number of phenols is 1. The van der Waals surface area contributed by atoms with E-state index >= 15 is 0 Å². The number of methoxy groups -OCH3 is 1. The first-order valence-corrected chi connectivity index (χ1v) is 10.9. The summed E-state index contributed by atoms with van der Waals surface area (Å²) < 4.78 is 10.7. The van der Waals surface area contributed by atoms with E-state index in [0.29, 0.717) is 29.2 Å². The van der Waals surface area contributed by atoms with Gasteiger partial charge in [-0.05, 0) is 44.0 Å². The van der Waals surface area contributed by atoms with Gasteiger partial charge in [-0.2, -0.15) is 0 Å². The zero-order valence-electron chi connectivity index (χ0n) is 20.1. The summed E-state index contributed by atoms with van der Waals surface area (Å²) in [6.45, 7) is 4.25. The summed E-state index contributed by atoms with van der Waals surface area (Å²) >= 11 is 0. The van der Waals surface area contributed by atoms with Crippen LogP contribution in [0.25, 0.3) is 0 Å². The molecule has 0 bridgehead atoms. The zero-order valence-corrected chi connectivity index (χ0v) is 20.1. The number of hydrogen-bond donors (Lipinski definition) is 6. The number of aliphatic hydroxyl groups is 1. The van der Waals surface area contributed by atoms with Crippen molar-refractivity contribution in [3.05, 3.63) is 59.7 Å². The maximum Gasteiger partial charge on any atom is 0.328 e. The fraction of sp³-hybridized carbons (Fsp3) is 0.320. The molecule has 0 spiro atoms. The molecule has 0 fully saturated rings. The number of amides is 1. The van der Waals surface area contributed by atoms with E-state index in [1.54, 1.807) is 7.11 Å². The number of carbonyl (C=O) groups excluding carboxylic acids is 1. The number of carboxylic acids is 2. The Kier molecular flexibility index (Phi) is 9.83. The summed E-state index contributed by atoms with van der Waals surface area (Å²) in [6.07, 6.45) is 0.963. The molecule has 2 aromatic rings. The monoisotopic (exact) mass is 502 g/mol. The van der Waals surface area contributed by atoms with E-state index in [4.69, 9.17) is 19.7 Å². The molecule has 0 radical (unpaired) electrons. The van der Waals surface area contributed by atoms with Gasteiger partial charge in [0.1, 0.15) is 17.2 Å². The van der Waals surface area contributed by atoms with Gasteiger partial charge in [0.25, 0.3) is 5.91 Å². The van der Waals surface area contributed by atoms with E-state index in [9.17, 15) is 24.6 Å². The Hall–Kier alpha value is -4.09. The van der Waals surface area contributed by atoms with Crippen LogP contribution in [0.15, 0.2) is 48.6 Å². The number of benzene rings is 2. The largest absolute Gasteiger partial charge is 0.508 e. The van der Waals surface area contributed by atoms with E-state index in [2.05, 4.69) is 24.5 Å². The van der Waals surface area contributed by atoms with Crippen molar-refractivity contribution in [2.45, 2.75) is 31.9 Å². The summed E-state index contributed by atoms with van der Waals surface area (Å²) in [5, 5.41) is 42.2. The molecule has 1 aliphatic rings. The van der Waals surface area contributed by atoms with Crippen LogP contribution in [0.2, 0.25) is 0 Å². The number of aromatic hydroxyl groups is 1. The standard InChI is InChI=1S/C21H26N2O5.C4H4O4/c1-21(2,10-13-4-6-15(27-3)7-5-13)22-11-18(25)16-8-14(24)9-17-20(16)28-12-19(26)23-17;5-3(6)1-2-4(7)8/h4-9,18,22,24-25H,10-12H2,1-3H3,(H,23,26);1-2H,(H,5,6)(H,7,8)/b;2-1+/t18-;/m0./s1. The molecule has 36 heavy (non-hydrogen) atoms. The number of fused-ring (bicyclic) bond motifs is 1. The van der Waals surface area contributed by atoms with Gasteiger partial charge in [0, 0.05) is 35.9 Å². The van der Waals surface area contributed by atoms with Crippen molar-refractivity contribution in [2.75, 3.05) is 25.6 Å². The van der Waals surface area contributed by atoms with Crippen molar-refractivity contribution >= 4 is 23.5 Å². The predicted molar refractivity (Wildman–Crippen MR) is 130 cm³/mol. The Bertz CT molecular complexity index is 1100. The summed E-state index contributed by atoms with van der Waals surface area (Å²) in [5.41, 5.74) is 1.67. The first kappa shape index (κ1) is 28.1. The fourth-order valence-electron chi connectivity index (χ4n) is 3.40. The third kappa shape index (κ3) is 8.93. The molecule has 11 nitrogen and oxygen atoms in total. The van der Waals surface area contributed by atoms with Crippen LogP contribution in [0.1, 0.15) is 31.1 Å². The van der Waals surface area contributed by atoms with Crippen LogP contribution in [-0.4, -0.2) is 64.1 Å². The van der Waals surface area contributed by atoms with Crippen molar-refractivity contribution < 1.29 is 44.3 Å². The third-order valence-electron chi connectivity index (χ3n) is 5.03. The van der Waals surface area contributed by atoms with Gasteiger partial charge < -0.3 is 40.5 Å². The van der Waals surface area contributed by atoms with E-state index in [1.165, 1.54) is 12.1 Å². The van der Waals surface area contributed by atoms with Gasteiger partial charge in [-0.15, -0.1) is 0 Å². The van der Waals surface area contributed by atoms with Crippen molar-refractivity contribution in [1.29, 1.82) is 0 Å². The molecule has 3 rings (SSSR count). The van der Waals surface area contributed by atoms with Crippen LogP contribution in [0, 0.1) is 0 Å². The average Bonchev–Trinajstić information content (AvgIpc) is 2.81. The number of phenolic OH excluding ortho intramolecular Hbond substituents is 1. The molecule has 194 valence electrons. The molecule has 6 N–H and O–H groups in total. The molecular formula is C25H30N2O9. The van der Waals surface area contributed by atoms with Gasteiger partial charge in [-0.3, -0.25) is 4.79 Å². The lowest BCUT2D eigenvalue weighted by Crippen LogP contribution is -2.43. The minimum atomic E-state index is -1.26. The second-order valence-electron chi connectivity index (χ2n) is 8.56. The number of carboxylic acid groups (broad SMARTS) is 2. The van der Waals surface area contributed by atoms with E-state index in [-0.39, 0.29) is 30.3 Å². The van der Waals surface area contributed by atoms with Crippen LogP contribution in [0.4, 0.5) is 5.69 Å². The van der Waals surface area contributed by atoms with Crippen molar-refractivity contribution in [1.82, 2.24) is 5.32 Å². The molecule has 0 aliphatic carbocycles. The number of aliphatic hydroxyl groups excluding tert-OH is 1. The van der Waals surface area contributed by atoms with Crippen LogP contribution in [0.3, 0.4) is 0 Å². The maximum atomic E-state index is 11.5. The molecule has 1 aliphatic heterocycles. The molecule has 0 saturated carbocycles. The Morgan fingerprint density at radius 1 is 1.17 bits per heavy atom. The second kappa shape index (κ2) is 12.6. The highest BCUT2D eigenvalue weighted by Crippen LogP contribution is 2.38. The number of rotatable bonds is 9. The Morgan fingerprint density at radius 3 is 2.33 bits per heavy atom. The molecule has 1 amide bonds. The van der Waals surface area contributed by atoms with Gasteiger partial charge in [0.15, 0.2) is 6.61 Å². The first-order valence-electron chi connectivity index (χ1n) is 10.9. The lowest BCUT2D eigenvalue weighted by Gasteiger charge is -2.29. The highest BCUT2D eigenvalue weighted by atomic mass is 16.5. The van der Waals surface area contributed by atoms with Crippen LogP contribution < -0.4 is 20.1 Å². The number of carbonyl (C=O) groups is 3. The lowest BCUT2D eigenvalue weighted by atomic mass is 9.94. The first-order chi connectivity index (χ1) is 16.9. The van der Waals surface area contributed by atoms with Crippen molar-refractivity contribution in [3.8, 4) is 17.2 Å². The number of ether oxygens (including phenoxy) is 2. The topological polar surface area (TPSA) is 175 Å². The molecule has 0 saturated heterocycles. The summed E-state index contributed by atoms with van der Waals surface area (Å²) in [5.74, 6) is -1.65. The third-order valence-corrected chi connectivity index (χ3v) is 5.03. The van der Waals surface area contributed by atoms with Gasteiger partial charge in [0.2, 0.25) is 0 Å². The van der Waals surface area contributed by atoms with Crippen LogP contribution >= 0.6 is 0 Å². The highest BCUT2D eigenvalue weighted by molar-refractivity contribution is 5.96. The SMILES string of the molecule is COc1ccc(CC(C)(C)NC[C@H](O)c2cc(O)cc3c2OCC(=O)N3)cc1.O=C(O)/C=C/C(=O)O. The van der Waals surface area contributed by atoms with E-state index < -0.39 is 18.0 Å². The van der Waals surface area contributed by atoms with E-state index in [1.807, 2.05) is 24.3 Å². The predicted octanol–water partition coefficient (Wildman–Crippen LogP) is 2.09. The number of β-amino-alcohol motifs (C(OH)–C–C–N with tert-alkyl or cyclic N) is 1. The molecule has 1 heterocycles. The highest BCUT2D eigenvalue weighted by Gasteiger charge is 2.26. The van der Waals surface area contributed by atoms with E-state index in [0.717, 1.165) is 17.7 Å². The number of aliphatic carboxylic acids is 2. The van der Waals surface area contributed by atoms with Gasteiger partial charge in [0.05, 0.1) is 18.9 Å². The Morgan fingerprint density at radius 2 is 1.78 bits per heavy atom. The van der Waals surface area contributed by atoms with Gasteiger partial charge >= 0.3 is 11.9 Å². The van der Waals surface area contributed by atoms with Gasteiger partial charge in [-0.1, -0.05) is 12.1 Å². The smallest absolute Gasteiger partial charge is 0.328 e. The minimum Gasteiger partial charge on any atom is -0.508 e. The molecule has 11 heteroatoms. The quantitative estimate of drug-likeness (QED) is 0.279. The second-order valence-corrected chi connectivity index (χ2v) is 8.56. The Labute approximate surface area is 208 Å². The summed E-state index contributed by atoms with van der Waals surface area (Å²) in [7, 11) is 1.64. The van der Waals surface area contributed by atoms with Crippen LogP contribution in [-0.2, 0) is 20.8 Å². The lowest BCUT2D eigenvalue weighted by molar-refractivity contribution is -0.134. The Balaban J connectivity index is 0.000000493. The van der Waals surface area contributed by atoms with Gasteiger partial charge in [-0.25, -0.2) is 9.59 Å². The van der Waals surface area contributed by atoms with Crippen molar-refractivity contribution in [2.24, 2.45) is 0 Å². The number of nitrogens with one attached hydrogen (secondary N) is 2. The molecule has 1 atom stereocenters. The molecule has 0 aromatic heterocycles. The molecule has 2 aromatic carbocycles. The molecule has 0 unspecified atom stereocenters. The normalized spacial score (nSPS) is 13.5. The number of anilines is 1. The summed E-state index contributed by atoms with van der Waals surface area (Å²) in [6, 6.07) is 10.7. The average molecular weight is 503 g/mol. The zero-order chi connectivity index (χ0) is 26.9. The fourth-order valence-corrected chi connectivity index (χ4v) is 3.40. The van der Waals surface area contributed by atoms with Crippen molar-refractivity contribution in [3.63, 3.8) is 0 Å². The van der Waals surface area contributed by atoms with Crippen LogP contribution in [0.5, 0.6) is 17.2 Å². The minimum absolute atomic E-state index is 0.0453. The summed E-state index contributed by atoms with van der Waals surface area (Å²) in [4.78, 5) is 30.6. The number of hydrogen-bond acceptors (Lipinski definition) is 8.